The van der Waals surface area contributed by atoms with E-state index in [0.29, 0.717) is 24.9 Å². The Bertz CT molecular complexity index is 890. The summed E-state index contributed by atoms with van der Waals surface area (Å²) in [5.74, 6) is 0.639. The Hall–Kier alpha value is -3.02. The molecule has 0 radical (unpaired) electrons. The van der Waals surface area contributed by atoms with Gasteiger partial charge in [0.05, 0.1) is 0 Å². The van der Waals surface area contributed by atoms with Crippen molar-refractivity contribution >= 4 is 23.3 Å². The minimum Gasteiger partial charge on any atom is -0.368 e. The number of rotatable bonds is 3. The minimum absolute atomic E-state index is 0.0684. The van der Waals surface area contributed by atoms with Gasteiger partial charge in [-0.2, -0.15) is 0 Å². The summed E-state index contributed by atoms with van der Waals surface area (Å²) in [5.41, 5.74) is 4.38. The minimum atomic E-state index is -0.0684. The predicted molar refractivity (Wildman–Crippen MR) is 113 cm³/mol. The van der Waals surface area contributed by atoms with Gasteiger partial charge in [-0.1, -0.05) is 24.3 Å². The lowest BCUT2D eigenvalue weighted by Gasteiger charge is -2.36. The second-order valence-corrected chi connectivity index (χ2v) is 8.19. The lowest BCUT2D eigenvalue weighted by Crippen LogP contribution is -2.49. The number of carbonyl (C=O) groups excluding carboxylic acids is 2. The van der Waals surface area contributed by atoms with Crippen LogP contribution < -0.4 is 10.2 Å². The number of fused-ring (bicyclic) bond motifs is 1. The van der Waals surface area contributed by atoms with Gasteiger partial charge in [-0.05, 0) is 48.2 Å². The van der Waals surface area contributed by atoms with Gasteiger partial charge in [0.1, 0.15) is 0 Å². The Morgan fingerprint density at radius 2 is 1.41 bits per heavy atom. The van der Waals surface area contributed by atoms with Gasteiger partial charge in [0.25, 0.3) is 0 Å². The zero-order valence-corrected chi connectivity index (χ0v) is 16.5. The molecule has 6 nitrogen and oxygen atoms in total. The molecule has 3 aliphatic rings. The number of anilines is 2. The van der Waals surface area contributed by atoms with E-state index < -0.39 is 0 Å². The predicted octanol–water partition coefficient (Wildman–Crippen LogP) is 3.29. The number of hydrogen-bond donors (Lipinski definition) is 1. The lowest BCUT2D eigenvalue weighted by atomic mass is 10.1. The molecule has 1 N–H and O–H groups in total. The summed E-state index contributed by atoms with van der Waals surface area (Å²) >= 11 is 0. The van der Waals surface area contributed by atoms with Crippen LogP contribution in [0.5, 0.6) is 0 Å². The molecule has 0 aromatic heterocycles. The molecule has 2 aliphatic heterocycles. The average Bonchev–Trinajstić information content (AvgIpc) is 3.52. The average molecular weight is 390 g/mol. The number of urea groups is 1. The van der Waals surface area contributed by atoms with Gasteiger partial charge in [0.2, 0.25) is 5.91 Å². The summed E-state index contributed by atoms with van der Waals surface area (Å²) in [4.78, 5) is 30.9. The second-order valence-electron chi connectivity index (χ2n) is 8.19. The van der Waals surface area contributed by atoms with Crippen LogP contribution in [0.2, 0.25) is 0 Å². The summed E-state index contributed by atoms with van der Waals surface area (Å²) < 4.78 is 0. The van der Waals surface area contributed by atoms with Crippen molar-refractivity contribution in [1.29, 1.82) is 0 Å². The van der Waals surface area contributed by atoms with E-state index in [2.05, 4.69) is 22.3 Å². The van der Waals surface area contributed by atoms with Crippen LogP contribution >= 0.6 is 0 Å². The number of piperazine rings is 1. The van der Waals surface area contributed by atoms with E-state index in [1.54, 1.807) is 0 Å². The maximum Gasteiger partial charge on any atom is 0.322 e. The molecule has 2 aromatic carbocycles. The molecule has 0 bridgehead atoms. The van der Waals surface area contributed by atoms with Crippen LogP contribution in [0.1, 0.15) is 24.0 Å². The highest BCUT2D eigenvalue weighted by atomic mass is 16.2. The molecule has 5 rings (SSSR count). The molecular formula is C23H26N4O2. The van der Waals surface area contributed by atoms with Gasteiger partial charge >= 0.3 is 6.03 Å². The largest absolute Gasteiger partial charge is 0.368 e. The first-order valence-corrected chi connectivity index (χ1v) is 10.4. The fraction of sp³-hybridized carbons (Fsp3) is 0.391. The highest BCUT2D eigenvalue weighted by Crippen LogP contribution is 2.31. The van der Waals surface area contributed by atoms with Gasteiger partial charge in [-0.25, -0.2) is 4.79 Å². The molecule has 2 fully saturated rings. The molecule has 6 heteroatoms. The van der Waals surface area contributed by atoms with Crippen molar-refractivity contribution in [3.63, 3.8) is 0 Å². The van der Waals surface area contributed by atoms with Crippen molar-refractivity contribution in [1.82, 2.24) is 9.80 Å². The van der Waals surface area contributed by atoms with Crippen LogP contribution in [0.25, 0.3) is 0 Å². The number of nitrogens with zero attached hydrogens (tertiary/aromatic N) is 3. The van der Waals surface area contributed by atoms with E-state index in [1.165, 1.54) is 11.1 Å². The molecule has 0 unspecified atom stereocenters. The first kappa shape index (κ1) is 18.0. The Morgan fingerprint density at radius 1 is 0.793 bits per heavy atom. The monoisotopic (exact) mass is 390 g/mol. The fourth-order valence-electron chi connectivity index (χ4n) is 4.21. The normalized spacial score (nSPS) is 18.6. The van der Waals surface area contributed by atoms with Crippen molar-refractivity contribution in [2.24, 2.45) is 5.92 Å². The van der Waals surface area contributed by atoms with Gasteiger partial charge in [-0.3, -0.25) is 4.79 Å². The van der Waals surface area contributed by atoms with Crippen LogP contribution in [0, 0.1) is 5.92 Å². The van der Waals surface area contributed by atoms with E-state index in [1.807, 2.05) is 46.2 Å². The van der Waals surface area contributed by atoms with Gasteiger partial charge in [0, 0.05) is 56.6 Å². The summed E-state index contributed by atoms with van der Waals surface area (Å²) in [6.07, 6.45) is 2.13. The smallest absolute Gasteiger partial charge is 0.322 e. The van der Waals surface area contributed by atoms with E-state index >= 15 is 0 Å². The SMILES string of the molecule is O=C(Nc1ccc(N2CCN(C(=O)C3CC3)CC2)cc1)N1Cc2ccccc2C1. The zero-order chi connectivity index (χ0) is 19.8. The van der Waals surface area contributed by atoms with Crippen LogP contribution in [-0.4, -0.2) is 47.9 Å². The highest BCUT2D eigenvalue weighted by Gasteiger charge is 2.34. The lowest BCUT2D eigenvalue weighted by molar-refractivity contribution is -0.132. The maximum atomic E-state index is 12.6. The zero-order valence-electron chi connectivity index (χ0n) is 16.5. The van der Waals surface area contributed by atoms with Crippen molar-refractivity contribution in [2.75, 3.05) is 36.4 Å². The molecule has 150 valence electrons. The second kappa shape index (κ2) is 7.43. The fourth-order valence-corrected chi connectivity index (χ4v) is 4.21. The van der Waals surface area contributed by atoms with Crippen LogP contribution in [-0.2, 0) is 17.9 Å². The van der Waals surface area contributed by atoms with Crippen LogP contribution in [0.15, 0.2) is 48.5 Å². The molecule has 1 saturated heterocycles. The van der Waals surface area contributed by atoms with Gasteiger partial charge < -0.3 is 20.0 Å². The molecule has 0 spiro atoms. The van der Waals surface area contributed by atoms with E-state index in [0.717, 1.165) is 50.4 Å². The Kier molecular flexibility index (Phi) is 4.62. The number of carbonyl (C=O) groups is 2. The Morgan fingerprint density at radius 3 is 2.00 bits per heavy atom. The Balaban J connectivity index is 1.15. The third-order valence-electron chi connectivity index (χ3n) is 6.13. The quantitative estimate of drug-likeness (QED) is 0.875. The molecule has 0 atom stereocenters. The molecular weight excluding hydrogens is 364 g/mol. The molecule has 3 amide bonds. The van der Waals surface area contributed by atoms with Gasteiger partial charge in [-0.15, -0.1) is 0 Å². The number of nitrogens with one attached hydrogen (secondary N) is 1. The van der Waals surface area contributed by atoms with Crippen LogP contribution in [0.4, 0.5) is 16.2 Å². The molecule has 1 aliphatic carbocycles. The Labute approximate surface area is 171 Å². The molecule has 2 heterocycles. The van der Waals surface area contributed by atoms with E-state index in [9.17, 15) is 9.59 Å². The maximum absolute atomic E-state index is 12.6. The number of hydrogen-bond acceptors (Lipinski definition) is 3. The topological polar surface area (TPSA) is 55.9 Å². The summed E-state index contributed by atoms with van der Waals surface area (Å²) in [7, 11) is 0. The van der Waals surface area contributed by atoms with Crippen molar-refractivity contribution in [2.45, 2.75) is 25.9 Å². The number of benzene rings is 2. The first-order chi connectivity index (χ1) is 14.2. The molecule has 2 aromatic rings. The first-order valence-electron chi connectivity index (χ1n) is 10.4. The van der Waals surface area contributed by atoms with Crippen molar-refractivity contribution < 1.29 is 9.59 Å². The number of amides is 3. The highest BCUT2D eigenvalue weighted by molar-refractivity contribution is 5.90. The molecule has 1 saturated carbocycles. The summed E-state index contributed by atoms with van der Waals surface area (Å²) in [6, 6.07) is 16.1. The summed E-state index contributed by atoms with van der Waals surface area (Å²) in [5, 5.41) is 3.01. The third-order valence-corrected chi connectivity index (χ3v) is 6.13. The van der Waals surface area contributed by atoms with E-state index in [4.69, 9.17) is 0 Å². The van der Waals surface area contributed by atoms with Crippen LogP contribution in [0.3, 0.4) is 0 Å². The van der Waals surface area contributed by atoms with Crippen molar-refractivity contribution in [3.8, 4) is 0 Å². The standard InChI is InChI=1S/C23H26N4O2/c28-22(17-5-6-17)26-13-11-25(12-14-26)21-9-7-20(8-10-21)24-23(29)27-15-18-3-1-2-4-19(18)16-27/h1-4,7-10,17H,5-6,11-16H2,(H,24,29). The third kappa shape index (κ3) is 3.79. The molecule has 29 heavy (non-hydrogen) atoms. The van der Waals surface area contributed by atoms with Crippen molar-refractivity contribution in [3.05, 3.63) is 59.7 Å². The summed E-state index contributed by atoms with van der Waals surface area (Å²) in [6.45, 7) is 4.62. The van der Waals surface area contributed by atoms with Gasteiger partial charge in [0.15, 0.2) is 0 Å². The van der Waals surface area contributed by atoms with E-state index in [-0.39, 0.29) is 6.03 Å².